The van der Waals surface area contributed by atoms with Gasteiger partial charge >= 0.3 is 0 Å². The largest absolute Gasteiger partial charge is 0.0778 e. The first kappa shape index (κ1) is 19.0. The second-order valence-corrected chi connectivity index (χ2v) is 7.06. The van der Waals surface area contributed by atoms with E-state index in [0.717, 1.165) is 27.3 Å². The van der Waals surface area contributed by atoms with Gasteiger partial charge < -0.3 is 0 Å². The lowest BCUT2D eigenvalue weighted by atomic mass is 10.0. The summed E-state index contributed by atoms with van der Waals surface area (Å²) in [5.74, 6) is 0. The molecule has 0 saturated heterocycles. The van der Waals surface area contributed by atoms with Gasteiger partial charge in [0.2, 0.25) is 0 Å². The Morgan fingerprint density at radius 2 is 1.21 bits per heavy atom. The van der Waals surface area contributed by atoms with E-state index in [1.807, 2.05) is 30.3 Å². The molecule has 0 saturated carbocycles. The topological polar surface area (TPSA) is 0 Å². The zero-order valence-electron chi connectivity index (χ0n) is 14.5. The summed E-state index contributed by atoms with van der Waals surface area (Å²) < 4.78 is 0. The molecule has 0 amide bonds. The minimum absolute atomic E-state index is 0.759. The maximum Gasteiger partial charge on any atom is 0.0636 e. The molecule has 2 rings (SSSR count). The van der Waals surface area contributed by atoms with E-state index in [4.69, 9.17) is 24.4 Å². The van der Waals surface area contributed by atoms with Crippen LogP contribution in [0.2, 0.25) is 0 Å². The van der Waals surface area contributed by atoms with E-state index in [0.29, 0.717) is 0 Å². The van der Waals surface area contributed by atoms with E-state index in [1.165, 1.54) is 44.1 Å². The van der Waals surface area contributed by atoms with Gasteiger partial charge in [0, 0.05) is 0 Å². The van der Waals surface area contributed by atoms with Crippen LogP contribution < -0.4 is 0 Å². The van der Waals surface area contributed by atoms with Crippen LogP contribution in [0.1, 0.15) is 62.1 Å². The lowest BCUT2D eigenvalue weighted by Crippen LogP contribution is -2.11. The van der Waals surface area contributed by atoms with Crippen molar-refractivity contribution in [2.45, 2.75) is 51.9 Å². The van der Waals surface area contributed by atoms with Crippen LogP contribution in [-0.4, -0.2) is 9.73 Å². The van der Waals surface area contributed by atoms with Crippen molar-refractivity contribution < 1.29 is 0 Å². The fraction of sp³-hybridized carbons (Fsp3) is 0.364. The van der Waals surface area contributed by atoms with Crippen molar-refractivity contribution in [2.75, 3.05) is 0 Å². The first-order valence-electron chi connectivity index (χ1n) is 8.95. The Balaban J connectivity index is 1.85. The number of hydrogen-bond acceptors (Lipinski definition) is 2. The van der Waals surface area contributed by atoms with Gasteiger partial charge in [-0.05, 0) is 29.5 Å². The normalized spacial score (nSPS) is 10.5. The third-order valence-electron chi connectivity index (χ3n) is 4.28. The van der Waals surface area contributed by atoms with Crippen molar-refractivity contribution in [1.29, 1.82) is 0 Å². The van der Waals surface area contributed by atoms with Crippen molar-refractivity contribution in [3.05, 3.63) is 71.3 Å². The number of benzene rings is 2. The van der Waals surface area contributed by atoms with Crippen molar-refractivity contribution in [1.82, 2.24) is 0 Å². The molecule has 0 aliphatic heterocycles. The molecule has 0 spiro atoms. The van der Waals surface area contributed by atoms with Gasteiger partial charge in [0.05, 0.1) is 9.73 Å². The highest BCUT2D eigenvalue weighted by Gasteiger charge is 2.09. The zero-order valence-corrected chi connectivity index (χ0v) is 16.1. The zero-order chi connectivity index (χ0) is 17.2. The molecule has 0 N–H and O–H groups in total. The second-order valence-electron chi connectivity index (χ2n) is 6.24. The lowest BCUT2D eigenvalue weighted by molar-refractivity contribution is 0.607. The van der Waals surface area contributed by atoms with Gasteiger partial charge in [-0.1, -0.05) is 118 Å². The van der Waals surface area contributed by atoms with Gasteiger partial charge in [-0.3, -0.25) is 0 Å². The first-order chi connectivity index (χ1) is 11.7. The first-order valence-corrected chi connectivity index (χ1v) is 9.77. The number of unbranched alkanes of at least 4 members (excludes halogenated alkanes) is 5. The van der Waals surface area contributed by atoms with Crippen molar-refractivity contribution in [3.63, 3.8) is 0 Å². The molecule has 0 nitrogen and oxygen atoms in total. The van der Waals surface area contributed by atoms with Crippen LogP contribution in [0.5, 0.6) is 0 Å². The average Bonchev–Trinajstić information content (AvgIpc) is 2.64. The second kappa shape index (κ2) is 10.5. The summed E-state index contributed by atoms with van der Waals surface area (Å²) in [6.07, 6.45) is 9.18. The number of rotatable bonds is 10. The summed E-state index contributed by atoms with van der Waals surface area (Å²) in [4.78, 5) is 1.52. The molecule has 126 valence electrons. The molecule has 0 radical (unpaired) electrons. The highest BCUT2D eigenvalue weighted by atomic mass is 32.1. The number of hydrogen-bond donors (Lipinski definition) is 0. The maximum atomic E-state index is 5.57. The minimum atomic E-state index is 0.759. The lowest BCUT2D eigenvalue weighted by Gasteiger charge is -2.08. The minimum Gasteiger partial charge on any atom is -0.0778 e. The van der Waals surface area contributed by atoms with Crippen molar-refractivity contribution in [2.24, 2.45) is 0 Å². The van der Waals surface area contributed by atoms with E-state index in [-0.39, 0.29) is 0 Å². The monoisotopic (exact) mass is 354 g/mol. The van der Waals surface area contributed by atoms with Gasteiger partial charge in [-0.25, -0.2) is 0 Å². The van der Waals surface area contributed by atoms with Crippen LogP contribution in [0.25, 0.3) is 0 Å². The Bertz CT molecular complexity index is 641. The van der Waals surface area contributed by atoms with Crippen LogP contribution >= 0.6 is 24.4 Å². The molecule has 0 aliphatic rings. The molecule has 2 heteroatoms. The van der Waals surface area contributed by atoms with Crippen LogP contribution in [0.15, 0.2) is 54.6 Å². The molecular formula is C22H26S2. The van der Waals surface area contributed by atoms with Crippen molar-refractivity contribution in [3.8, 4) is 0 Å². The van der Waals surface area contributed by atoms with E-state index in [9.17, 15) is 0 Å². The molecular weight excluding hydrogens is 328 g/mol. The Labute approximate surface area is 157 Å². The van der Waals surface area contributed by atoms with Gasteiger partial charge in [0.1, 0.15) is 0 Å². The third kappa shape index (κ3) is 5.92. The molecule has 0 unspecified atom stereocenters. The summed E-state index contributed by atoms with van der Waals surface area (Å²) in [7, 11) is 0. The molecule has 2 aromatic rings. The SMILES string of the molecule is CCCCCCCCc1ccc(C(=S)C(=S)c2ccccc2)cc1. The molecule has 0 aromatic heterocycles. The van der Waals surface area contributed by atoms with E-state index >= 15 is 0 Å². The Kier molecular flexibility index (Phi) is 8.27. The number of thiocarbonyl (C=S) groups is 2. The molecule has 0 aliphatic carbocycles. The molecule has 0 heterocycles. The third-order valence-corrected chi connectivity index (χ3v) is 5.29. The molecule has 24 heavy (non-hydrogen) atoms. The molecule has 0 atom stereocenters. The fourth-order valence-electron chi connectivity index (χ4n) is 2.78. The van der Waals surface area contributed by atoms with E-state index < -0.39 is 0 Å². The standard InChI is InChI=1S/C22H26S2/c1-2-3-4-5-6-8-11-18-14-16-20(17-15-18)22(24)21(23)19-12-9-7-10-13-19/h7,9-10,12-17H,2-6,8,11H2,1H3. The van der Waals surface area contributed by atoms with Crippen molar-refractivity contribution >= 4 is 34.2 Å². The summed E-state index contributed by atoms with van der Waals surface area (Å²) in [5, 5.41) is 0. The molecule has 2 aromatic carbocycles. The predicted molar refractivity (Wildman–Crippen MR) is 113 cm³/mol. The molecule has 0 bridgehead atoms. The number of aryl methyl sites for hydroxylation is 1. The summed E-state index contributed by atoms with van der Waals surface area (Å²) in [6, 6.07) is 18.6. The Morgan fingerprint density at radius 3 is 1.83 bits per heavy atom. The van der Waals surface area contributed by atoms with E-state index in [2.05, 4.69) is 31.2 Å². The maximum absolute atomic E-state index is 5.57. The van der Waals surface area contributed by atoms with Gasteiger partial charge in [-0.15, -0.1) is 0 Å². The van der Waals surface area contributed by atoms with Crippen LogP contribution in [0, 0.1) is 0 Å². The highest BCUT2D eigenvalue weighted by molar-refractivity contribution is 7.90. The van der Waals surface area contributed by atoms with Gasteiger partial charge in [0.15, 0.2) is 0 Å². The fourth-order valence-corrected chi connectivity index (χ4v) is 3.29. The average molecular weight is 355 g/mol. The molecule has 0 fully saturated rings. The summed E-state index contributed by atoms with van der Waals surface area (Å²) >= 11 is 11.1. The van der Waals surface area contributed by atoms with Crippen LogP contribution in [-0.2, 0) is 6.42 Å². The van der Waals surface area contributed by atoms with Crippen LogP contribution in [0.3, 0.4) is 0 Å². The summed E-state index contributed by atoms with van der Waals surface area (Å²) in [5.41, 5.74) is 3.46. The van der Waals surface area contributed by atoms with Gasteiger partial charge in [-0.2, -0.15) is 0 Å². The Hall–Kier alpha value is -1.38. The highest BCUT2D eigenvalue weighted by Crippen LogP contribution is 2.14. The smallest absolute Gasteiger partial charge is 0.0636 e. The van der Waals surface area contributed by atoms with Gasteiger partial charge in [0.25, 0.3) is 0 Å². The Morgan fingerprint density at radius 1 is 0.667 bits per heavy atom. The van der Waals surface area contributed by atoms with E-state index in [1.54, 1.807) is 0 Å². The quantitative estimate of drug-likeness (QED) is 0.264. The summed E-state index contributed by atoms with van der Waals surface area (Å²) in [6.45, 7) is 2.26. The predicted octanol–water partition coefficient (Wildman–Crippen LogP) is 6.73. The van der Waals surface area contributed by atoms with Crippen LogP contribution in [0.4, 0.5) is 0 Å².